The summed E-state index contributed by atoms with van der Waals surface area (Å²) in [5, 5.41) is 12.8. The molecule has 1 saturated carbocycles. The van der Waals surface area contributed by atoms with Crippen LogP contribution in [0.15, 0.2) is 66.9 Å². The van der Waals surface area contributed by atoms with Crippen molar-refractivity contribution in [2.45, 2.75) is 37.3 Å². The van der Waals surface area contributed by atoms with Gasteiger partial charge in [0.25, 0.3) is 5.91 Å². The molecule has 168 valence electrons. The molecule has 33 heavy (non-hydrogen) atoms. The maximum atomic E-state index is 13.5. The van der Waals surface area contributed by atoms with E-state index in [2.05, 4.69) is 27.3 Å². The number of halogens is 1. The average molecular weight is 462 g/mol. The minimum atomic E-state index is -0.969. The predicted octanol–water partition coefficient (Wildman–Crippen LogP) is 5.19. The summed E-state index contributed by atoms with van der Waals surface area (Å²) in [7, 11) is 0. The molecule has 2 heterocycles. The Balaban J connectivity index is 1.43. The van der Waals surface area contributed by atoms with Gasteiger partial charge in [0.15, 0.2) is 0 Å². The lowest BCUT2D eigenvalue weighted by molar-refractivity contribution is 0.0696. The monoisotopic (exact) mass is 461 g/mol. The van der Waals surface area contributed by atoms with E-state index in [0.717, 1.165) is 37.8 Å². The number of aromatic carboxylic acids is 1. The topological polar surface area (TPSA) is 82.5 Å². The van der Waals surface area contributed by atoms with Crippen molar-refractivity contribution in [2.24, 2.45) is 0 Å². The SMILES string of the molecule is O=C(O)c1ccc(C2(NC(=O)c3cc(Cl)cnc3N3CCCC3c3ccccc3)CC2)cc1. The molecule has 6 nitrogen and oxygen atoms in total. The third-order valence-electron chi connectivity index (χ3n) is 6.57. The molecule has 1 aliphatic heterocycles. The van der Waals surface area contributed by atoms with E-state index in [0.29, 0.717) is 16.4 Å². The van der Waals surface area contributed by atoms with E-state index in [4.69, 9.17) is 16.7 Å². The van der Waals surface area contributed by atoms with Crippen molar-refractivity contribution in [3.05, 3.63) is 94.1 Å². The molecule has 2 N–H and O–H groups in total. The Hall–Kier alpha value is -3.38. The van der Waals surface area contributed by atoms with E-state index in [1.807, 2.05) is 18.2 Å². The maximum absolute atomic E-state index is 13.5. The number of nitrogens with zero attached hydrogens (tertiary/aromatic N) is 2. The standard InChI is InChI=1S/C26H24ClN3O3/c27-20-15-21(23(28-16-20)30-14-4-7-22(30)17-5-2-1-3-6-17)24(31)29-26(12-13-26)19-10-8-18(9-11-19)25(32)33/h1-3,5-6,8-11,15-16,22H,4,7,12-14H2,(H,29,31)(H,32,33). The van der Waals surface area contributed by atoms with Crippen LogP contribution in [-0.4, -0.2) is 28.5 Å². The number of amides is 1. The summed E-state index contributed by atoms with van der Waals surface area (Å²) in [6.45, 7) is 0.816. The molecule has 2 aromatic carbocycles. The van der Waals surface area contributed by atoms with Crippen LogP contribution in [0.3, 0.4) is 0 Å². The molecule has 0 bridgehead atoms. The molecule has 7 heteroatoms. The molecule has 1 aromatic heterocycles. The maximum Gasteiger partial charge on any atom is 0.335 e. The van der Waals surface area contributed by atoms with Crippen molar-refractivity contribution < 1.29 is 14.7 Å². The van der Waals surface area contributed by atoms with Crippen LogP contribution in [0, 0.1) is 0 Å². The summed E-state index contributed by atoms with van der Waals surface area (Å²) >= 11 is 6.26. The van der Waals surface area contributed by atoms with Crippen LogP contribution in [-0.2, 0) is 5.54 Å². The molecule has 0 spiro atoms. The van der Waals surface area contributed by atoms with Crippen molar-refractivity contribution in [2.75, 3.05) is 11.4 Å². The van der Waals surface area contributed by atoms with Crippen LogP contribution in [0.4, 0.5) is 5.82 Å². The van der Waals surface area contributed by atoms with Gasteiger partial charge >= 0.3 is 5.97 Å². The van der Waals surface area contributed by atoms with Crippen LogP contribution in [0.1, 0.15) is 63.6 Å². The number of rotatable bonds is 6. The lowest BCUT2D eigenvalue weighted by atomic mass is 10.0. The Labute approximate surface area is 197 Å². The number of hydrogen-bond donors (Lipinski definition) is 2. The number of aromatic nitrogens is 1. The molecule has 1 amide bonds. The zero-order valence-corrected chi connectivity index (χ0v) is 18.8. The number of pyridine rings is 1. The summed E-state index contributed by atoms with van der Waals surface area (Å²) in [5.74, 6) is -0.553. The van der Waals surface area contributed by atoms with Gasteiger partial charge in [-0.25, -0.2) is 9.78 Å². The first-order valence-corrected chi connectivity index (χ1v) is 11.5. The molecule has 2 aliphatic rings. The van der Waals surface area contributed by atoms with E-state index in [1.165, 1.54) is 5.56 Å². The molecular weight excluding hydrogens is 438 g/mol. The fourth-order valence-corrected chi connectivity index (χ4v) is 4.86. The summed E-state index contributed by atoms with van der Waals surface area (Å²) < 4.78 is 0. The second-order valence-corrected chi connectivity index (χ2v) is 9.14. The van der Waals surface area contributed by atoms with Crippen molar-refractivity contribution in [3.63, 3.8) is 0 Å². The van der Waals surface area contributed by atoms with Gasteiger partial charge in [-0.3, -0.25) is 4.79 Å². The largest absolute Gasteiger partial charge is 0.478 e. The zero-order chi connectivity index (χ0) is 23.0. The zero-order valence-electron chi connectivity index (χ0n) is 18.0. The van der Waals surface area contributed by atoms with Gasteiger partial charge in [0, 0.05) is 12.7 Å². The molecule has 1 saturated heterocycles. The number of benzene rings is 2. The summed E-state index contributed by atoms with van der Waals surface area (Å²) in [6, 6.07) is 18.8. The summed E-state index contributed by atoms with van der Waals surface area (Å²) in [6.07, 6.45) is 5.20. The summed E-state index contributed by atoms with van der Waals surface area (Å²) in [4.78, 5) is 31.4. The Bertz CT molecular complexity index is 1190. The highest BCUT2D eigenvalue weighted by Crippen LogP contribution is 2.46. The van der Waals surface area contributed by atoms with Gasteiger partial charge in [-0.05, 0) is 55.0 Å². The molecular formula is C26H24ClN3O3. The van der Waals surface area contributed by atoms with Crippen LogP contribution in [0.25, 0.3) is 0 Å². The first-order valence-electron chi connectivity index (χ1n) is 11.1. The lowest BCUT2D eigenvalue weighted by Crippen LogP contribution is -2.36. The van der Waals surface area contributed by atoms with Crippen molar-refractivity contribution >= 4 is 29.3 Å². The van der Waals surface area contributed by atoms with Gasteiger partial charge in [-0.1, -0.05) is 54.1 Å². The van der Waals surface area contributed by atoms with Crippen LogP contribution < -0.4 is 10.2 Å². The van der Waals surface area contributed by atoms with Crippen LogP contribution >= 0.6 is 11.6 Å². The summed E-state index contributed by atoms with van der Waals surface area (Å²) in [5.41, 5.74) is 2.30. The average Bonchev–Trinajstić information content (AvgIpc) is 3.44. The van der Waals surface area contributed by atoms with E-state index in [1.54, 1.807) is 36.5 Å². The first kappa shape index (κ1) is 21.5. The van der Waals surface area contributed by atoms with Gasteiger partial charge < -0.3 is 15.3 Å². The Morgan fingerprint density at radius 3 is 2.48 bits per heavy atom. The normalized spacial score (nSPS) is 18.7. The quantitative estimate of drug-likeness (QED) is 0.527. The highest BCUT2D eigenvalue weighted by molar-refractivity contribution is 6.31. The molecule has 1 unspecified atom stereocenters. The minimum Gasteiger partial charge on any atom is -0.478 e. The number of nitrogens with one attached hydrogen (secondary N) is 1. The van der Waals surface area contributed by atoms with E-state index >= 15 is 0 Å². The number of carboxylic acids is 1. The Kier molecular flexibility index (Phi) is 5.54. The molecule has 2 fully saturated rings. The van der Waals surface area contributed by atoms with Crippen LogP contribution in [0.5, 0.6) is 0 Å². The van der Waals surface area contributed by atoms with Gasteiger partial charge in [0.2, 0.25) is 0 Å². The smallest absolute Gasteiger partial charge is 0.335 e. The molecule has 1 atom stereocenters. The fraction of sp³-hybridized carbons (Fsp3) is 0.269. The van der Waals surface area contributed by atoms with Gasteiger partial charge in [-0.15, -0.1) is 0 Å². The van der Waals surface area contributed by atoms with E-state index in [9.17, 15) is 9.59 Å². The third-order valence-corrected chi connectivity index (χ3v) is 6.78. The lowest BCUT2D eigenvalue weighted by Gasteiger charge is -2.28. The van der Waals surface area contributed by atoms with Gasteiger partial charge in [-0.2, -0.15) is 0 Å². The minimum absolute atomic E-state index is 0.157. The number of carboxylic acid groups (broad SMARTS) is 1. The molecule has 5 rings (SSSR count). The molecule has 3 aromatic rings. The van der Waals surface area contributed by atoms with Crippen LogP contribution in [0.2, 0.25) is 5.02 Å². The van der Waals surface area contributed by atoms with Gasteiger partial charge in [0.05, 0.1) is 27.7 Å². The van der Waals surface area contributed by atoms with Crippen molar-refractivity contribution in [3.8, 4) is 0 Å². The van der Waals surface area contributed by atoms with Crippen molar-refractivity contribution in [1.82, 2.24) is 10.3 Å². The second-order valence-electron chi connectivity index (χ2n) is 8.71. The fourth-order valence-electron chi connectivity index (χ4n) is 4.70. The second kappa shape index (κ2) is 8.52. The number of hydrogen-bond acceptors (Lipinski definition) is 4. The number of anilines is 1. The van der Waals surface area contributed by atoms with Crippen molar-refractivity contribution in [1.29, 1.82) is 0 Å². The Morgan fingerprint density at radius 2 is 1.82 bits per heavy atom. The van der Waals surface area contributed by atoms with Gasteiger partial charge in [0.1, 0.15) is 5.82 Å². The predicted molar refractivity (Wildman–Crippen MR) is 127 cm³/mol. The number of carbonyl (C=O) groups excluding carboxylic acids is 1. The Morgan fingerprint density at radius 1 is 1.09 bits per heavy atom. The number of carbonyl (C=O) groups is 2. The molecule has 1 aliphatic carbocycles. The van der Waals surface area contributed by atoms with E-state index in [-0.39, 0.29) is 17.5 Å². The van der Waals surface area contributed by atoms with E-state index < -0.39 is 11.5 Å². The highest BCUT2D eigenvalue weighted by atomic mass is 35.5. The molecule has 0 radical (unpaired) electrons. The third kappa shape index (κ3) is 4.18. The first-order chi connectivity index (χ1) is 16.0. The highest BCUT2D eigenvalue weighted by Gasteiger charge is 2.46.